The van der Waals surface area contributed by atoms with Crippen molar-refractivity contribution in [1.29, 1.82) is 0 Å². The van der Waals surface area contributed by atoms with E-state index in [-0.39, 0.29) is 38.4 Å². The first-order valence-corrected chi connectivity index (χ1v) is 13.8. The molecule has 0 spiro atoms. The van der Waals surface area contributed by atoms with Crippen LogP contribution >= 0.6 is 27.3 Å². The van der Waals surface area contributed by atoms with Gasteiger partial charge in [0.1, 0.15) is 11.9 Å². The standard InChI is InChI=1S/C25H27BrF3N5O4S/c1-3-38-24(37)20-18(11-34-10-14(25(28,29)13-34)9-33(2)12-19(35)36)31-22(23-30-6-7-39-23)32-21(20)16-5-4-15(27)8-17(16)26/h4-8,14,21H,3,9-13H2,1-2H3,(H,31,32)(H,35,36). The van der Waals surface area contributed by atoms with Gasteiger partial charge < -0.3 is 15.2 Å². The molecule has 210 valence electrons. The number of thiazole rings is 1. The highest BCUT2D eigenvalue weighted by atomic mass is 79.9. The molecule has 2 aromatic rings. The molecule has 14 heteroatoms. The van der Waals surface area contributed by atoms with Crippen LogP contribution in [0.3, 0.4) is 0 Å². The Morgan fingerprint density at radius 1 is 1.38 bits per heavy atom. The number of amidine groups is 1. The second kappa shape index (κ2) is 12.1. The maximum absolute atomic E-state index is 15.0. The van der Waals surface area contributed by atoms with Gasteiger partial charge in [0.25, 0.3) is 5.92 Å². The number of rotatable bonds is 10. The number of nitrogens with zero attached hydrogens (tertiary/aromatic N) is 4. The average molecular weight is 630 g/mol. The Morgan fingerprint density at radius 3 is 2.79 bits per heavy atom. The van der Waals surface area contributed by atoms with Crippen LogP contribution in [0.2, 0.25) is 0 Å². The molecule has 4 rings (SSSR count). The van der Waals surface area contributed by atoms with Crippen molar-refractivity contribution in [2.75, 3.05) is 46.4 Å². The third-order valence-corrected chi connectivity index (χ3v) is 7.81. The van der Waals surface area contributed by atoms with Crippen LogP contribution in [-0.2, 0) is 14.3 Å². The Balaban J connectivity index is 1.71. The lowest BCUT2D eigenvalue weighted by Crippen LogP contribution is -2.39. The zero-order valence-electron chi connectivity index (χ0n) is 21.2. The van der Waals surface area contributed by atoms with Crippen LogP contribution in [0.1, 0.15) is 23.5 Å². The number of carboxylic acid groups (broad SMARTS) is 1. The molecular weight excluding hydrogens is 603 g/mol. The maximum Gasteiger partial charge on any atom is 0.338 e. The second-order valence-corrected chi connectivity index (χ2v) is 11.1. The minimum atomic E-state index is -3.07. The molecule has 0 radical (unpaired) electrons. The van der Waals surface area contributed by atoms with E-state index in [1.807, 2.05) is 0 Å². The van der Waals surface area contributed by atoms with Crippen molar-refractivity contribution < 1.29 is 32.6 Å². The zero-order valence-corrected chi connectivity index (χ0v) is 23.6. The second-order valence-electron chi connectivity index (χ2n) is 9.34. The van der Waals surface area contributed by atoms with Crippen molar-refractivity contribution in [3.8, 4) is 0 Å². The highest BCUT2D eigenvalue weighted by Gasteiger charge is 2.49. The van der Waals surface area contributed by atoms with E-state index in [1.165, 1.54) is 46.4 Å². The first kappa shape index (κ1) is 29.2. The summed E-state index contributed by atoms with van der Waals surface area (Å²) in [6.45, 7) is 0.624. The Morgan fingerprint density at radius 2 is 2.15 bits per heavy atom. The van der Waals surface area contributed by atoms with Gasteiger partial charge in [-0.2, -0.15) is 0 Å². The van der Waals surface area contributed by atoms with Crippen LogP contribution in [0.4, 0.5) is 13.2 Å². The normalized spacial score (nSPS) is 21.2. The molecule has 1 fully saturated rings. The topological polar surface area (TPSA) is 107 Å². The number of hydrogen-bond acceptors (Lipinski definition) is 9. The van der Waals surface area contributed by atoms with Gasteiger partial charge in [0.05, 0.1) is 25.3 Å². The van der Waals surface area contributed by atoms with Gasteiger partial charge in [-0.05, 0) is 31.7 Å². The number of nitrogens with one attached hydrogen (secondary N) is 1. The Bertz CT molecular complexity index is 1290. The summed E-state index contributed by atoms with van der Waals surface area (Å²) < 4.78 is 49.6. The van der Waals surface area contributed by atoms with Gasteiger partial charge in [0.2, 0.25) is 0 Å². The first-order chi connectivity index (χ1) is 18.5. The molecule has 2 unspecified atom stereocenters. The van der Waals surface area contributed by atoms with E-state index < -0.39 is 42.2 Å². The quantitative estimate of drug-likeness (QED) is 0.385. The Labute approximate surface area is 235 Å². The predicted molar refractivity (Wildman–Crippen MR) is 142 cm³/mol. The summed E-state index contributed by atoms with van der Waals surface area (Å²) >= 11 is 4.67. The lowest BCUT2D eigenvalue weighted by Gasteiger charge is -2.29. The molecule has 2 atom stereocenters. The number of halogens is 4. The van der Waals surface area contributed by atoms with E-state index in [0.717, 1.165) is 0 Å². The van der Waals surface area contributed by atoms with Crippen LogP contribution < -0.4 is 5.32 Å². The van der Waals surface area contributed by atoms with Gasteiger partial charge in [-0.3, -0.25) is 19.6 Å². The molecule has 2 aliphatic rings. The van der Waals surface area contributed by atoms with Crippen molar-refractivity contribution in [1.82, 2.24) is 20.1 Å². The number of alkyl halides is 2. The molecule has 1 aromatic heterocycles. The van der Waals surface area contributed by atoms with E-state index >= 15 is 8.78 Å². The summed E-state index contributed by atoms with van der Waals surface area (Å²) in [4.78, 5) is 36.1. The summed E-state index contributed by atoms with van der Waals surface area (Å²) in [5, 5.41) is 14.4. The van der Waals surface area contributed by atoms with Crippen molar-refractivity contribution in [3.63, 3.8) is 0 Å². The summed E-state index contributed by atoms with van der Waals surface area (Å²) in [6, 6.07) is 3.10. The third kappa shape index (κ3) is 6.86. The van der Waals surface area contributed by atoms with Crippen LogP contribution in [0.25, 0.3) is 0 Å². The number of likely N-dealkylation sites (N-methyl/N-ethyl adjacent to an activating group) is 1. The molecule has 2 aliphatic heterocycles. The first-order valence-electron chi connectivity index (χ1n) is 12.1. The highest BCUT2D eigenvalue weighted by Crippen LogP contribution is 2.39. The number of carbonyl (C=O) groups is 2. The van der Waals surface area contributed by atoms with E-state index in [1.54, 1.807) is 18.5 Å². The SMILES string of the molecule is CCOC(=O)C1=C(CN2CC(CN(C)CC(=O)O)C(F)(F)C2)NC(c2nccs2)=NC1c1ccc(F)cc1Br. The molecule has 1 aromatic carbocycles. The van der Waals surface area contributed by atoms with Gasteiger partial charge in [0, 0.05) is 47.3 Å². The van der Waals surface area contributed by atoms with Gasteiger partial charge in [0.15, 0.2) is 10.8 Å². The molecule has 3 heterocycles. The fourth-order valence-corrected chi connectivity index (χ4v) is 5.87. The summed E-state index contributed by atoms with van der Waals surface area (Å²) in [5.41, 5.74) is 0.942. The van der Waals surface area contributed by atoms with Crippen molar-refractivity contribution in [3.05, 3.63) is 61.9 Å². The fourth-order valence-electron chi connectivity index (χ4n) is 4.71. The van der Waals surface area contributed by atoms with Gasteiger partial charge in [-0.1, -0.05) is 22.0 Å². The molecule has 0 bridgehead atoms. The van der Waals surface area contributed by atoms with Gasteiger partial charge >= 0.3 is 11.9 Å². The van der Waals surface area contributed by atoms with E-state index in [2.05, 4.69) is 26.2 Å². The van der Waals surface area contributed by atoms with Crippen molar-refractivity contribution in [2.24, 2.45) is 10.9 Å². The molecular formula is C25H27BrF3N5O4S. The highest BCUT2D eigenvalue weighted by molar-refractivity contribution is 9.10. The van der Waals surface area contributed by atoms with E-state index in [0.29, 0.717) is 26.6 Å². The van der Waals surface area contributed by atoms with Crippen LogP contribution in [-0.4, -0.2) is 90.0 Å². The summed E-state index contributed by atoms with van der Waals surface area (Å²) in [7, 11) is 1.48. The predicted octanol–water partition coefficient (Wildman–Crippen LogP) is 3.54. The van der Waals surface area contributed by atoms with Crippen molar-refractivity contribution in [2.45, 2.75) is 18.9 Å². The number of carboxylic acids is 1. The minimum Gasteiger partial charge on any atom is -0.480 e. The Hall–Kier alpha value is -2.81. The van der Waals surface area contributed by atoms with Crippen molar-refractivity contribution >= 4 is 45.0 Å². The number of carbonyl (C=O) groups excluding carboxylic acids is 1. The number of aromatic nitrogens is 1. The molecule has 0 saturated carbocycles. The lowest BCUT2D eigenvalue weighted by atomic mass is 9.95. The zero-order chi connectivity index (χ0) is 28.3. The average Bonchev–Trinajstić information content (AvgIpc) is 3.46. The van der Waals surface area contributed by atoms with Crippen LogP contribution in [0.5, 0.6) is 0 Å². The lowest BCUT2D eigenvalue weighted by molar-refractivity contribution is -0.139. The number of benzene rings is 1. The number of ether oxygens (including phenoxy) is 1. The van der Waals surface area contributed by atoms with Gasteiger partial charge in [-0.25, -0.2) is 22.9 Å². The smallest absolute Gasteiger partial charge is 0.338 e. The monoisotopic (exact) mass is 629 g/mol. The van der Waals surface area contributed by atoms with Crippen LogP contribution in [0.15, 0.2) is 50.5 Å². The molecule has 2 N–H and O–H groups in total. The maximum atomic E-state index is 15.0. The summed E-state index contributed by atoms with van der Waals surface area (Å²) in [5.74, 6) is -6.09. The Kier molecular flexibility index (Phi) is 9.09. The number of esters is 1. The number of aliphatic imine (C=N–C) groups is 1. The largest absolute Gasteiger partial charge is 0.480 e. The number of likely N-dealkylation sites (tertiary alicyclic amines) is 1. The molecule has 9 nitrogen and oxygen atoms in total. The van der Waals surface area contributed by atoms with E-state index in [9.17, 15) is 14.0 Å². The van der Waals surface area contributed by atoms with Crippen LogP contribution in [0, 0.1) is 11.7 Å². The molecule has 1 saturated heterocycles. The molecule has 39 heavy (non-hydrogen) atoms. The third-order valence-electron chi connectivity index (χ3n) is 6.34. The number of hydrogen-bond donors (Lipinski definition) is 2. The minimum absolute atomic E-state index is 0.0210. The molecule has 0 aliphatic carbocycles. The van der Waals surface area contributed by atoms with E-state index in [4.69, 9.17) is 14.8 Å². The molecule has 0 amide bonds. The van der Waals surface area contributed by atoms with Gasteiger partial charge in [-0.15, -0.1) is 11.3 Å². The number of aliphatic carboxylic acids is 1. The fraction of sp³-hybridized carbons (Fsp3) is 0.440. The summed E-state index contributed by atoms with van der Waals surface area (Å²) in [6.07, 6.45) is 1.59.